The van der Waals surface area contributed by atoms with Gasteiger partial charge in [0, 0.05) is 11.4 Å². The van der Waals surface area contributed by atoms with Crippen LogP contribution in [-0.2, 0) is 23.1 Å². The third-order valence-electron chi connectivity index (χ3n) is 3.37. The maximum Gasteiger partial charge on any atom is 0.211 e. The molecule has 0 N–H and O–H groups in total. The largest absolute Gasteiger partial charge is 0.497 e. The first kappa shape index (κ1) is 16.9. The van der Waals surface area contributed by atoms with Gasteiger partial charge in [-0.3, -0.25) is 0 Å². The Hall–Kier alpha value is -1.44. The van der Waals surface area contributed by atoms with Crippen molar-refractivity contribution in [3.63, 3.8) is 0 Å². The van der Waals surface area contributed by atoms with Gasteiger partial charge in [0.1, 0.15) is 10.8 Å². The van der Waals surface area contributed by atoms with E-state index in [-0.39, 0.29) is 0 Å². The first-order valence-electron chi connectivity index (χ1n) is 6.80. The number of ether oxygens (including phenoxy) is 1. The zero-order valence-corrected chi connectivity index (χ0v) is 14.8. The van der Waals surface area contributed by atoms with Gasteiger partial charge in [-0.15, -0.1) is 11.3 Å². The van der Waals surface area contributed by atoms with Gasteiger partial charge in [0.05, 0.1) is 25.6 Å². The summed E-state index contributed by atoms with van der Waals surface area (Å²) >= 11 is 1.54. The number of benzene rings is 1. The topological polar surface area (TPSA) is 59.5 Å². The molecular weight excluding hydrogens is 320 g/mol. The van der Waals surface area contributed by atoms with Gasteiger partial charge < -0.3 is 4.74 Å². The molecule has 2 aromatic rings. The van der Waals surface area contributed by atoms with Crippen molar-refractivity contribution in [2.75, 3.05) is 13.4 Å². The molecule has 0 atom stereocenters. The summed E-state index contributed by atoms with van der Waals surface area (Å²) in [6, 6.07) is 7.39. The van der Waals surface area contributed by atoms with E-state index in [9.17, 15) is 8.42 Å². The van der Waals surface area contributed by atoms with E-state index >= 15 is 0 Å². The van der Waals surface area contributed by atoms with Crippen LogP contribution in [-0.4, -0.2) is 31.1 Å². The van der Waals surface area contributed by atoms with Gasteiger partial charge >= 0.3 is 0 Å². The molecule has 0 spiro atoms. The Balaban J connectivity index is 2.19. The van der Waals surface area contributed by atoms with Crippen molar-refractivity contribution in [1.29, 1.82) is 0 Å². The molecule has 0 aliphatic rings. The van der Waals surface area contributed by atoms with Crippen LogP contribution >= 0.6 is 11.3 Å². The average molecular weight is 340 g/mol. The molecule has 5 nitrogen and oxygen atoms in total. The summed E-state index contributed by atoms with van der Waals surface area (Å²) in [6.07, 6.45) is 1.23. The molecule has 1 aromatic heterocycles. The molecule has 2 rings (SSSR count). The smallest absolute Gasteiger partial charge is 0.211 e. The molecule has 1 aromatic carbocycles. The van der Waals surface area contributed by atoms with E-state index in [0.29, 0.717) is 13.1 Å². The van der Waals surface area contributed by atoms with Gasteiger partial charge in [0.2, 0.25) is 10.0 Å². The molecule has 120 valence electrons. The molecule has 22 heavy (non-hydrogen) atoms. The lowest BCUT2D eigenvalue weighted by Gasteiger charge is -2.19. The van der Waals surface area contributed by atoms with Crippen molar-refractivity contribution < 1.29 is 13.2 Å². The van der Waals surface area contributed by atoms with Crippen LogP contribution < -0.4 is 4.74 Å². The van der Waals surface area contributed by atoms with E-state index in [1.165, 1.54) is 21.9 Å². The van der Waals surface area contributed by atoms with Gasteiger partial charge in [-0.2, -0.15) is 4.31 Å². The highest BCUT2D eigenvalue weighted by Gasteiger charge is 2.19. The van der Waals surface area contributed by atoms with E-state index in [4.69, 9.17) is 4.74 Å². The minimum Gasteiger partial charge on any atom is -0.497 e. The van der Waals surface area contributed by atoms with Gasteiger partial charge in [0.15, 0.2) is 0 Å². The van der Waals surface area contributed by atoms with Crippen LogP contribution in [0.2, 0.25) is 0 Å². The standard InChI is InChI=1S/C15H20N2O3S2/c1-11-12(2)21-15(16-11)10-17(22(4,18)19)9-13-5-7-14(20-3)8-6-13/h5-8H,9-10H2,1-4H3. The van der Waals surface area contributed by atoms with E-state index < -0.39 is 10.0 Å². The highest BCUT2D eigenvalue weighted by atomic mass is 32.2. The second-order valence-corrected chi connectivity index (χ2v) is 8.40. The van der Waals surface area contributed by atoms with Crippen LogP contribution in [0.25, 0.3) is 0 Å². The average Bonchev–Trinajstić information content (AvgIpc) is 2.76. The molecule has 0 unspecified atom stereocenters. The number of hydrogen-bond donors (Lipinski definition) is 0. The van der Waals surface area contributed by atoms with Gasteiger partial charge in [-0.25, -0.2) is 13.4 Å². The normalized spacial score (nSPS) is 11.9. The number of aromatic nitrogens is 1. The number of aryl methyl sites for hydroxylation is 2. The summed E-state index contributed by atoms with van der Waals surface area (Å²) in [5.74, 6) is 0.751. The number of methoxy groups -OCH3 is 1. The highest BCUT2D eigenvalue weighted by molar-refractivity contribution is 7.88. The molecule has 0 radical (unpaired) electrons. The Kier molecular flexibility index (Phi) is 5.20. The van der Waals surface area contributed by atoms with Crippen LogP contribution in [0.1, 0.15) is 21.1 Å². The maximum absolute atomic E-state index is 12.0. The molecule has 0 aliphatic carbocycles. The third kappa shape index (κ3) is 4.28. The fourth-order valence-electron chi connectivity index (χ4n) is 1.98. The second-order valence-electron chi connectivity index (χ2n) is 5.13. The predicted molar refractivity (Wildman–Crippen MR) is 88.7 cm³/mol. The van der Waals surface area contributed by atoms with E-state index in [1.807, 2.05) is 38.1 Å². The fraction of sp³-hybridized carbons (Fsp3) is 0.400. The molecule has 0 fully saturated rings. The molecule has 0 bridgehead atoms. The van der Waals surface area contributed by atoms with Gasteiger partial charge in [-0.05, 0) is 31.5 Å². The highest BCUT2D eigenvalue weighted by Crippen LogP contribution is 2.21. The first-order valence-corrected chi connectivity index (χ1v) is 9.47. The van der Waals surface area contributed by atoms with Crippen molar-refractivity contribution in [3.05, 3.63) is 45.4 Å². The molecule has 0 saturated carbocycles. The Morgan fingerprint density at radius 2 is 1.82 bits per heavy atom. The van der Waals surface area contributed by atoms with Crippen LogP contribution in [0.3, 0.4) is 0 Å². The summed E-state index contributed by atoms with van der Waals surface area (Å²) in [5.41, 5.74) is 1.87. The zero-order chi connectivity index (χ0) is 16.3. The minimum atomic E-state index is -3.31. The van der Waals surface area contributed by atoms with Crippen LogP contribution in [0, 0.1) is 13.8 Å². The lowest BCUT2D eigenvalue weighted by molar-refractivity contribution is 0.402. The SMILES string of the molecule is COc1ccc(CN(Cc2nc(C)c(C)s2)S(C)(=O)=O)cc1. The molecule has 1 heterocycles. The van der Waals surface area contributed by atoms with E-state index in [0.717, 1.165) is 26.9 Å². The number of hydrogen-bond acceptors (Lipinski definition) is 5. The van der Waals surface area contributed by atoms with Gasteiger partial charge in [-0.1, -0.05) is 12.1 Å². The Labute approximate surface area is 135 Å². The van der Waals surface area contributed by atoms with Crippen molar-refractivity contribution in [2.45, 2.75) is 26.9 Å². The first-order chi connectivity index (χ1) is 10.3. The number of rotatable bonds is 6. The van der Waals surface area contributed by atoms with Crippen molar-refractivity contribution >= 4 is 21.4 Å². The summed E-state index contributed by atoms with van der Waals surface area (Å²) in [6.45, 7) is 4.54. The van der Waals surface area contributed by atoms with Crippen molar-refractivity contribution in [3.8, 4) is 5.75 Å². The number of sulfonamides is 1. The Morgan fingerprint density at radius 3 is 2.27 bits per heavy atom. The van der Waals surface area contributed by atoms with E-state index in [2.05, 4.69) is 4.98 Å². The monoisotopic (exact) mass is 340 g/mol. The maximum atomic E-state index is 12.0. The quantitative estimate of drug-likeness (QED) is 0.811. The predicted octanol–water partition coefficient (Wildman–Crippen LogP) is 2.73. The second kappa shape index (κ2) is 6.76. The van der Waals surface area contributed by atoms with E-state index in [1.54, 1.807) is 7.11 Å². The lowest BCUT2D eigenvalue weighted by Crippen LogP contribution is -2.29. The minimum absolute atomic E-state index is 0.296. The molecule has 0 aliphatic heterocycles. The number of thiazole rings is 1. The Morgan fingerprint density at radius 1 is 1.18 bits per heavy atom. The van der Waals surface area contributed by atoms with Crippen LogP contribution in [0.15, 0.2) is 24.3 Å². The zero-order valence-electron chi connectivity index (χ0n) is 13.2. The number of nitrogens with zero attached hydrogens (tertiary/aromatic N) is 2. The molecule has 7 heteroatoms. The summed E-state index contributed by atoms with van der Waals surface area (Å²) in [4.78, 5) is 5.54. The van der Waals surface area contributed by atoms with Crippen LogP contribution in [0.5, 0.6) is 5.75 Å². The summed E-state index contributed by atoms with van der Waals surface area (Å²) in [7, 11) is -1.71. The molecular formula is C15H20N2O3S2. The Bertz CT molecular complexity index is 717. The third-order valence-corrected chi connectivity index (χ3v) is 5.63. The lowest BCUT2D eigenvalue weighted by atomic mass is 10.2. The van der Waals surface area contributed by atoms with Crippen molar-refractivity contribution in [1.82, 2.24) is 9.29 Å². The van der Waals surface area contributed by atoms with Gasteiger partial charge in [0.25, 0.3) is 0 Å². The summed E-state index contributed by atoms with van der Waals surface area (Å²) < 4.78 is 30.6. The van der Waals surface area contributed by atoms with Crippen molar-refractivity contribution in [2.24, 2.45) is 0 Å². The van der Waals surface area contributed by atoms with Crippen LogP contribution in [0.4, 0.5) is 0 Å². The molecule has 0 amide bonds. The molecule has 0 saturated heterocycles. The fourth-order valence-corrected chi connectivity index (χ4v) is 3.75. The summed E-state index contributed by atoms with van der Waals surface area (Å²) in [5, 5.41) is 0.814.